The van der Waals surface area contributed by atoms with E-state index in [1.807, 2.05) is 0 Å². The number of carbonyl (C=O) groups excluding carboxylic acids is 2. The van der Waals surface area contributed by atoms with E-state index < -0.39 is 0 Å². The van der Waals surface area contributed by atoms with Crippen LogP contribution in [-0.2, 0) is 14.3 Å². The van der Waals surface area contributed by atoms with Gasteiger partial charge in [0.2, 0.25) is 5.91 Å². The van der Waals surface area contributed by atoms with Gasteiger partial charge in [0.25, 0.3) is 0 Å². The molecule has 0 radical (unpaired) electrons. The number of carbonyl (C=O) groups is 2. The molecule has 0 saturated heterocycles. The van der Waals surface area contributed by atoms with Crippen molar-refractivity contribution < 1.29 is 14.3 Å². The fourth-order valence-corrected chi connectivity index (χ4v) is 10.1. The standard InChI is InChI=1S/C32H57N3O3/c1-20(2)33-16-17-34-24-12-14-31(5)23(18-24)19-28(35-22(4)36)30-26-10-9-25(21(3)8-11-29(37)38-7)32(26,6)15-13-27(30)31/h20-21,23-28,30,33-34H,8-19H2,1-7H3,(H,35,36)/t21-,23-,24+,25-,26+,27+,28-,30+,31+,32-/m1/s1. The topological polar surface area (TPSA) is 79.5 Å². The lowest BCUT2D eigenvalue weighted by Crippen LogP contribution is -2.62. The number of nitrogens with one attached hydrogen (secondary N) is 3. The summed E-state index contributed by atoms with van der Waals surface area (Å²) in [5.74, 6) is 3.85. The van der Waals surface area contributed by atoms with Gasteiger partial charge in [0, 0.05) is 44.6 Å². The van der Waals surface area contributed by atoms with Gasteiger partial charge in [-0.1, -0.05) is 34.6 Å². The monoisotopic (exact) mass is 531 g/mol. The fourth-order valence-electron chi connectivity index (χ4n) is 10.1. The molecule has 3 N–H and O–H groups in total. The first-order chi connectivity index (χ1) is 18.0. The summed E-state index contributed by atoms with van der Waals surface area (Å²) in [7, 11) is 1.49. The van der Waals surface area contributed by atoms with E-state index in [1.165, 1.54) is 52.1 Å². The Morgan fingerprint density at radius 1 is 0.947 bits per heavy atom. The molecule has 4 fully saturated rings. The number of ether oxygens (including phenoxy) is 1. The SMILES string of the molecule is COC(=O)CC[C@@H](C)[C@H]1CC[C@H]2[C@@H]3[C@H](NC(C)=O)C[C@H]4C[C@@H](NCCNC(C)C)CC[C@]4(C)[C@H]3CC[C@]12C. The molecule has 38 heavy (non-hydrogen) atoms. The molecule has 4 saturated carbocycles. The molecule has 0 heterocycles. The Morgan fingerprint density at radius 3 is 2.34 bits per heavy atom. The van der Waals surface area contributed by atoms with E-state index in [4.69, 9.17) is 4.74 Å². The van der Waals surface area contributed by atoms with Gasteiger partial charge >= 0.3 is 5.97 Å². The van der Waals surface area contributed by atoms with Crippen molar-refractivity contribution in [2.75, 3.05) is 20.2 Å². The second-order valence-corrected chi connectivity index (χ2v) is 14.4. The lowest BCUT2D eigenvalue weighted by molar-refractivity contribution is -0.142. The van der Waals surface area contributed by atoms with E-state index in [0.717, 1.165) is 25.9 Å². The zero-order valence-corrected chi connectivity index (χ0v) is 25.4. The largest absolute Gasteiger partial charge is 0.469 e. The molecule has 0 bridgehead atoms. The lowest BCUT2D eigenvalue weighted by atomic mass is 9.43. The Kier molecular flexibility index (Phi) is 9.55. The number of amides is 1. The van der Waals surface area contributed by atoms with Gasteiger partial charge in [0.15, 0.2) is 0 Å². The molecule has 0 aromatic heterocycles. The van der Waals surface area contributed by atoms with Gasteiger partial charge in [-0.2, -0.15) is 0 Å². The first-order valence-corrected chi connectivity index (χ1v) is 15.8. The molecule has 4 aliphatic rings. The number of methoxy groups -OCH3 is 1. The summed E-state index contributed by atoms with van der Waals surface area (Å²) < 4.78 is 4.94. The Labute approximate surface area is 232 Å². The van der Waals surface area contributed by atoms with Gasteiger partial charge < -0.3 is 20.7 Å². The van der Waals surface area contributed by atoms with Crippen LogP contribution in [0.25, 0.3) is 0 Å². The van der Waals surface area contributed by atoms with Gasteiger partial charge in [0.1, 0.15) is 0 Å². The smallest absolute Gasteiger partial charge is 0.305 e. The van der Waals surface area contributed by atoms with Gasteiger partial charge in [-0.15, -0.1) is 0 Å². The fraction of sp³-hybridized carbons (Fsp3) is 0.938. The van der Waals surface area contributed by atoms with Gasteiger partial charge in [-0.3, -0.25) is 9.59 Å². The molecule has 0 spiro atoms. The van der Waals surface area contributed by atoms with Crippen LogP contribution < -0.4 is 16.0 Å². The molecule has 0 aromatic carbocycles. The minimum absolute atomic E-state index is 0.0847. The minimum Gasteiger partial charge on any atom is -0.469 e. The molecule has 10 atom stereocenters. The van der Waals surface area contributed by atoms with Crippen LogP contribution >= 0.6 is 0 Å². The Hall–Kier alpha value is -1.14. The summed E-state index contributed by atoms with van der Waals surface area (Å²) in [4.78, 5) is 24.3. The highest BCUT2D eigenvalue weighted by Crippen LogP contribution is 2.68. The van der Waals surface area contributed by atoms with E-state index in [-0.39, 0.29) is 11.9 Å². The molecule has 0 aliphatic heterocycles. The quantitative estimate of drug-likeness (QED) is 0.263. The average Bonchev–Trinajstić information content (AvgIpc) is 3.22. The Balaban J connectivity index is 1.49. The number of esters is 1. The number of fused-ring (bicyclic) bond motifs is 5. The minimum atomic E-state index is -0.0847. The van der Waals surface area contributed by atoms with Crippen LogP contribution in [0.2, 0.25) is 0 Å². The van der Waals surface area contributed by atoms with E-state index >= 15 is 0 Å². The van der Waals surface area contributed by atoms with Gasteiger partial charge in [0.05, 0.1) is 7.11 Å². The van der Waals surface area contributed by atoms with Crippen molar-refractivity contribution in [2.24, 2.45) is 46.3 Å². The third kappa shape index (κ3) is 5.96. The molecular weight excluding hydrogens is 474 g/mol. The van der Waals surface area contributed by atoms with Crippen molar-refractivity contribution in [3.8, 4) is 0 Å². The highest BCUT2D eigenvalue weighted by Gasteiger charge is 2.63. The van der Waals surface area contributed by atoms with E-state index in [2.05, 4.69) is 50.6 Å². The summed E-state index contributed by atoms with van der Waals surface area (Å²) in [5.41, 5.74) is 0.683. The molecule has 4 aliphatic carbocycles. The van der Waals surface area contributed by atoms with Crippen molar-refractivity contribution in [1.82, 2.24) is 16.0 Å². The number of rotatable bonds is 10. The van der Waals surface area contributed by atoms with Gasteiger partial charge in [-0.05, 0) is 104 Å². The zero-order chi connectivity index (χ0) is 27.7. The van der Waals surface area contributed by atoms with E-state index in [9.17, 15) is 9.59 Å². The summed E-state index contributed by atoms with van der Waals surface area (Å²) in [5, 5.41) is 10.9. The summed E-state index contributed by atoms with van der Waals surface area (Å²) in [6.45, 7) is 15.7. The molecule has 0 unspecified atom stereocenters. The third-order valence-electron chi connectivity index (χ3n) is 12.0. The van der Waals surface area contributed by atoms with Crippen molar-refractivity contribution in [1.29, 1.82) is 0 Å². The van der Waals surface area contributed by atoms with Crippen LogP contribution in [0, 0.1) is 46.3 Å². The second kappa shape index (κ2) is 12.2. The van der Waals surface area contributed by atoms with Gasteiger partial charge in [-0.25, -0.2) is 0 Å². The Bertz CT molecular complexity index is 833. The molecule has 218 valence electrons. The van der Waals surface area contributed by atoms with Crippen molar-refractivity contribution in [3.05, 3.63) is 0 Å². The molecule has 4 rings (SSSR count). The molecular formula is C32H57N3O3. The second-order valence-electron chi connectivity index (χ2n) is 14.4. The van der Waals surface area contributed by atoms with Crippen molar-refractivity contribution >= 4 is 11.9 Å². The highest BCUT2D eigenvalue weighted by atomic mass is 16.5. The maximum absolute atomic E-state index is 12.5. The molecule has 1 amide bonds. The zero-order valence-electron chi connectivity index (χ0n) is 25.4. The van der Waals surface area contributed by atoms with Crippen LogP contribution in [0.3, 0.4) is 0 Å². The van der Waals surface area contributed by atoms with Crippen molar-refractivity contribution in [2.45, 2.75) is 124 Å². The van der Waals surface area contributed by atoms with E-state index in [0.29, 0.717) is 70.9 Å². The normalized spacial score (nSPS) is 41.1. The van der Waals surface area contributed by atoms with Crippen molar-refractivity contribution in [3.63, 3.8) is 0 Å². The summed E-state index contributed by atoms with van der Waals surface area (Å²) >= 11 is 0. The van der Waals surface area contributed by atoms with Crippen LogP contribution in [0.4, 0.5) is 0 Å². The number of hydrogen-bond acceptors (Lipinski definition) is 5. The predicted octanol–water partition coefficient (Wildman–Crippen LogP) is 5.31. The maximum Gasteiger partial charge on any atom is 0.305 e. The van der Waals surface area contributed by atoms with Crippen LogP contribution in [0.5, 0.6) is 0 Å². The molecule has 6 nitrogen and oxygen atoms in total. The number of hydrogen-bond donors (Lipinski definition) is 3. The van der Waals surface area contributed by atoms with E-state index in [1.54, 1.807) is 6.92 Å². The summed E-state index contributed by atoms with van der Waals surface area (Å²) in [6, 6.07) is 1.42. The van der Waals surface area contributed by atoms with Crippen LogP contribution in [0.15, 0.2) is 0 Å². The first kappa shape index (κ1) is 29.8. The Morgan fingerprint density at radius 2 is 1.66 bits per heavy atom. The third-order valence-corrected chi connectivity index (χ3v) is 12.0. The molecule has 6 heteroatoms. The van der Waals surface area contributed by atoms with Crippen LogP contribution in [0.1, 0.15) is 106 Å². The van der Waals surface area contributed by atoms with Crippen LogP contribution in [-0.4, -0.2) is 50.2 Å². The maximum atomic E-state index is 12.5. The predicted molar refractivity (Wildman–Crippen MR) is 154 cm³/mol. The highest BCUT2D eigenvalue weighted by molar-refractivity contribution is 5.73. The first-order valence-electron chi connectivity index (χ1n) is 15.8. The average molecular weight is 532 g/mol. The lowest BCUT2D eigenvalue weighted by Gasteiger charge is -2.63. The molecule has 0 aromatic rings. The summed E-state index contributed by atoms with van der Waals surface area (Å²) in [6.07, 6.45) is 11.5.